The molecule has 0 aliphatic heterocycles. The van der Waals surface area contributed by atoms with E-state index in [4.69, 9.17) is 5.73 Å². The summed E-state index contributed by atoms with van der Waals surface area (Å²) in [5.41, 5.74) is 6.74. The summed E-state index contributed by atoms with van der Waals surface area (Å²) >= 11 is 6.13. The maximum absolute atomic E-state index is 13.1. The number of nitrogens with two attached hydrogens (primary N) is 1. The highest BCUT2D eigenvalue weighted by Crippen LogP contribution is 2.29. The molecule has 0 atom stereocenters. The minimum absolute atomic E-state index is 0.183. The third kappa shape index (κ3) is 5.24. The number of nitro benzene ring substituents is 1. The highest BCUT2D eigenvalue weighted by molar-refractivity contribution is 9.11. The minimum atomic E-state index is -0.795. The molecule has 8 heteroatoms. The molecule has 2 aromatic carbocycles. The van der Waals surface area contributed by atoms with Crippen LogP contribution in [-0.4, -0.2) is 4.92 Å². The van der Waals surface area contributed by atoms with E-state index in [0.29, 0.717) is 10.9 Å². The van der Waals surface area contributed by atoms with Gasteiger partial charge in [-0.3, -0.25) is 10.1 Å². The highest BCUT2D eigenvalue weighted by atomic mass is 79.9. The molecule has 0 spiro atoms. The van der Waals surface area contributed by atoms with Gasteiger partial charge in [0, 0.05) is 4.47 Å². The largest absolute Gasteiger partial charge is 0.395 e. The van der Waals surface area contributed by atoms with Crippen molar-refractivity contribution < 1.29 is 13.7 Å². The fourth-order valence-corrected chi connectivity index (χ4v) is 2.95. The van der Waals surface area contributed by atoms with Crippen LogP contribution in [0.15, 0.2) is 33.2 Å². The van der Waals surface area contributed by atoms with E-state index in [1.807, 2.05) is 19.9 Å². The number of nitrogen functional groups attached to an aromatic ring is 1. The van der Waals surface area contributed by atoms with Gasteiger partial charge in [0.1, 0.15) is 5.82 Å². The quantitative estimate of drug-likeness (QED) is 0.354. The van der Waals surface area contributed by atoms with E-state index in [9.17, 15) is 18.9 Å². The van der Waals surface area contributed by atoms with Gasteiger partial charge in [0.25, 0.3) is 0 Å². The molecule has 0 amide bonds. The van der Waals surface area contributed by atoms with E-state index in [-0.39, 0.29) is 16.0 Å². The molecule has 130 valence electrons. The van der Waals surface area contributed by atoms with Crippen molar-refractivity contribution in [3.05, 3.63) is 66.1 Å². The molecule has 24 heavy (non-hydrogen) atoms. The van der Waals surface area contributed by atoms with E-state index in [1.54, 1.807) is 6.07 Å². The molecule has 0 fully saturated rings. The molecule has 0 aliphatic rings. The lowest BCUT2D eigenvalue weighted by Crippen LogP contribution is -1.95. The zero-order valence-electron chi connectivity index (χ0n) is 13.1. The van der Waals surface area contributed by atoms with Crippen LogP contribution in [0, 0.1) is 21.7 Å². The number of anilines is 1. The number of nitro groups is 1. The number of nitrogens with zero attached hydrogens (tertiary/aromatic N) is 1. The normalized spacial score (nSPS) is 10.1. The highest BCUT2D eigenvalue weighted by Gasteiger charge is 2.19. The van der Waals surface area contributed by atoms with Crippen LogP contribution in [0.3, 0.4) is 0 Å². The summed E-state index contributed by atoms with van der Waals surface area (Å²) in [5, 5.41) is 10.4. The van der Waals surface area contributed by atoms with Crippen LogP contribution < -0.4 is 5.73 Å². The molecule has 0 aliphatic carbocycles. The average molecular weight is 466 g/mol. The first-order valence-electron chi connectivity index (χ1n) is 7.06. The van der Waals surface area contributed by atoms with Gasteiger partial charge in [-0.25, -0.2) is 4.39 Å². The second kappa shape index (κ2) is 9.08. The predicted octanol–water partition coefficient (Wildman–Crippen LogP) is 5.79. The van der Waals surface area contributed by atoms with Crippen molar-refractivity contribution in [1.29, 1.82) is 0 Å². The lowest BCUT2D eigenvalue weighted by Gasteiger charge is -2.02. The van der Waals surface area contributed by atoms with Crippen molar-refractivity contribution in [2.75, 3.05) is 5.73 Å². The summed E-state index contributed by atoms with van der Waals surface area (Å²) in [7, 11) is 0. The number of rotatable bonds is 3. The van der Waals surface area contributed by atoms with E-state index in [2.05, 4.69) is 31.9 Å². The Kier molecular flexibility index (Phi) is 7.75. The molecule has 4 nitrogen and oxygen atoms in total. The molecule has 0 saturated carbocycles. The van der Waals surface area contributed by atoms with Crippen molar-refractivity contribution in [1.82, 2.24) is 0 Å². The third-order valence-electron chi connectivity index (χ3n) is 3.21. The molecule has 0 unspecified atom stereocenters. The zero-order chi connectivity index (χ0) is 18.4. The van der Waals surface area contributed by atoms with Gasteiger partial charge in [0.2, 0.25) is 5.82 Å². The summed E-state index contributed by atoms with van der Waals surface area (Å²) in [5.74, 6) is -1.15. The summed E-state index contributed by atoms with van der Waals surface area (Å²) < 4.78 is 26.8. The van der Waals surface area contributed by atoms with Gasteiger partial charge in [-0.05, 0) is 80.1 Å². The van der Waals surface area contributed by atoms with Crippen LogP contribution in [0.5, 0.6) is 0 Å². The maximum atomic E-state index is 13.1. The van der Waals surface area contributed by atoms with Crippen LogP contribution in [0.4, 0.5) is 20.2 Å². The SMILES string of the molecule is CCc1cc(F)c(N)c(Br)c1.CCc1cc(F)c([N+](=O)[O-])c(Br)c1. The van der Waals surface area contributed by atoms with E-state index in [0.717, 1.165) is 17.5 Å². The molecule has 0 bridgehead atoms. The summed E-state index contributed by atoms with van der Waals surface area (Å²) in [6.07, 6.45) is 1.46. The van der Waals surface area contributed by atoms with Crippen LogP contribution in [0.1, 0.15) is 25.0 Å². The molecule has 0 radical (unpaired) electrons. The Morgan fingerprint density at radius 3 is 1.83 bits per heavy atom. The Hall–Kier alpha value is -1.54. The molecule has 2 aromatic rings. The van der Waals surface area contributed by atoms with Crippen molar-refractivity contribution >= 4 is 43.2 Å². The Morgan fingerprint density at radius 1 is 1.00 bits per heavy atom. The molecular weight excluding hydrogens is 450 g/mol. The van der Waals surface area contributed by atoms with Crippen molar-refractivity contribution in [3.8, 4) is 0 Å². The van der Waals surface area contributed by atoms with E-state index in [1.165, 1.54) is 12.1 Å². The van der Waals surface area contributed by atoms with Gasteiger partial charge in [-0.15, -0.1) is 0 Å². The fourth-order valence-electron chi connectivity index (χ4n) is 1.84. The van der Waals surface area contributed by atoms with Gasteiger partial charge in [0.15, 0.2) is 0 Å². The van der Waals surface area contributed by atoms with E-state index >= 15 is 0 Å². The second-order valence-electron chi connectivity index (χ2n) is 4.85. The first-order chi connectivity index (χ1) is 11.2. The minimum Gasteiger partial charge on any atom is -0.395 e. The van der Waals surface area contributed by atoms with Crippen LogP contribution >= 0.6 is 31.9 Å². The monoisotopic (exact) mass is 464 g/mol. The molecule has 2 rings (SSSR count). The number of hydrogen-bond donors (Lipinski definition) is 1. The van der Waals surface area contributed by atoms with Crippen molar-refractivity contribution in [2.24, 2.45) is 0 Å². The first kappa shape index (κ1) is 20.5. The second-order valence-corrected chi connectivity index (χ2v) is 6.55. The van der Waals surface area contributed by atoms with Gasteiger partial charge in [0.05, 0.1) is 15.1 Å². The molecule has 2 N–H and O–H groups in total. The predicted molar refractivity (Wildman–Crippen MR) is 98.0 cm³/mol. The third-order valence-corrected chi connectivity index (χ3v) is 4.48. The first-order valence-corrected chi connectivity index (χ1v) is 8.65. The lowest BCUT2D eigenvalue weighted by molar-refractivity contribution is -0.388. The number of benzene rings is 2. The molecule has 0 heterocycles. The van der Waals surface area contributed by atoms with Crippen molar-refractivity contribution in [2.45, 2.75) is 26.7 Å². The fraction of sp³-hybridized carbons (Fsp3) is 0.250. The van der Waals surface area contributed by atoms with E-state index < -0.39 is 16.4 Å². The molecular formula is C16H16Br2F2N2O2. The Bertz CT molecular complexity index is 709. The smallest absolute Gasteiger partial charge is 0.318 e. The number of aryl methyl sites for hydroxylation is 2. The summed E-state index contributed by atoms with van der Waals surface area (Å²) in [6.45, 7) is 3.82. The van der Waals surface area contributed by atoms with Gasteiger partial charge in [-0.1, -0.05) is 13.8 Å². The molecule has 0 aromatic heterocycles. The Labute approximate surface area is 155 Å². The maximum Gasteiger partial charge on any atom is 0.318 e. The van der Waals surface area contributed by atoms with Gasteiger partial charge in [-0.2, -0.15) is 4.39 Å². The average Bonchev–Trinajstić information content (AvgIpc) is 2.51. The Morgan fingerprint density at radius 2 is 1.46 bits per heavy atom. The lowest BCUT2D eigenvalue weighted by atomic mass is 10.1. The topological polar surface area (TPSA) is 69.2 Å². The Balaban J connectivity index is 0.000000243. The van der Waals surface area contributed by atoms with Gasteiger partial charge < -0.3 is 5.73 Å². The van der Waals surface area contributed by atoms with Crippen LogP contribution in [0.2, 0.25) is 0 Å². The summed E-state index contributed by atoms with van der Waals surface area (Å²) in [6, 6.07) is 6.03. The zero-order valence-corrected chi connectivity index (χ0v) is 16.2. The van der Waals surface area contributed by atoms with Crippen molar-refractivity contribution in [3.63, 3.8) is 0 Å². The summed E-state index contributed by atoms with van der Waals surface area (Å²) in [4.78, 5) is 9.64. The van der Waals surface area contributed by atoms with Crippen LogP contribution in [-0.2, 0) is 12.8 Å². The van der Waals surface area contributed by atoms with Gasteiger partial charge >= 0.3 is 5.69 Å². The number of hydrogen-bond acceptors (Lipinski definition) is 3. The molecule has 0 saturated heterocycles. The van der Waals surface area contributed by atoms with Crippen LogP contribution in [0.25, 0.3) is 0 Å². The standard InChI is InChI=1S/C8H7BrFNO2.C8H9BrFN/c1-2-5-3-6(9)8(11(12)13)7(10)4-5;1-2-5-3-6(9)8(11)7(10)4-5/h3-4H,2H2,1H3;3-4H,2,11H2,1H3. The number of halogens is 4.